The van der Waals surface area contributed by atoms with Crippen molar-refractivity contribution in [1.82, 2.24) is 4.57 Å². The molecule has 0 saturated carbocycles. The Morgan fingerprint density at radius 2 is 1.71 bits per heavy atom. The van der Waals surface area contributed by atoms with Gasteiger partial charge >= 0.3 is 0 Å². The number of methoxy groups -OCH3 is 1. The fourth-order valence-corrected chi connectivity index (χ4v) is 3.57. The molecule has 0 aliphatic rings. The highest BCUT2D eigenvalue weighted by molar-refractivity contribution is 6.11. The lowest BCUT2D eigenvalue weighted by atomic mass is 9.97. The molecule has 0 saturated heterocycles. The highest BCUT2D eigenvalue weighted by atomic mass is 16.5. The third kappa shape index (κ3) is 5.29. The number of rotatable bonds is 9. The molecule has 0 fully saturated rings. The molecule has 34 heavy (non-hydrogen) atoms. The lowest BCUT2D eigenvalue weighted by Crippen LogP contribution is -2.27. The van der Waals surface area contributed by atoms with Gasteiger partial charge in [-0.15, -0.1) is 0 Å². The number of carbonyl (C=O) groups is 1. The van der Waals surface area contributed by atoms with Crippen LogP contribution in [-0.4, -0.2) is 29.2 Å². The molecule has 1 N–H and O–H groups in total. The molecule has 0 radical (unpaired) electrons. The van der Waals surface area contributed by atoms with Gasteiger partial charge in [-0.1, -0.05) is 26.0 Å². The van der Waals surface area contributed by atoms with Gasteiger partial charge in [0.2, 0.25) is 5.88 Å². The zero-order chi connectivity index (χ0) is 24.8. The number of ketones is 1. The number of benzene rings is 2. The summed E-state index contributed by atoms with van der Waals surface area (Å²) >= 11 is 0. The fraction of sp³-hybridized carbons (Fsp3) is 0.296. The molecule has 1 heterocycles. The van der Waals surface area contributed by atoms with Crippen molar-refractivity contribution in [3.05, 3.63) is 86.7 Å². The summed E-state index contributed by atoms with van der Waals surface area (Å²) < 4.78 is 11.9. The molecular weight excluding hydrogens is 432 g/mol. The maximum absolute atomic E-state index is 13.3. The number of hydrogen-bond donors (Lipinski definition) is 1. The number of hydrogen-bond acceptors (Lipinski definition) is 6. The Morgan fingerprint density at radius 1 is 1.09 bits per heavy atom. The highest BCUT2D eigenvalue weighted by Gasteiger charge is 2.25. The predicted molar refractivity (Wildman–Crippen MR) is 129 cm³/mol. The summed E-state index contributed by atoms with van der Waals surface area (Å²) in [5, 5.41) is 20.5. The minimum absolute atomic E-state index is 0.0540. The summed E-state index contributed by atoms with van der Waals surface area (Å²) in [5.74, 6) is 0.789. The third-order valence-corrected chi connectivity index (χ3v) is 5.51. The average molecular weight is 461 g/mol. The SMILES string of the molecule is COc1ccc(CCn2c(O)c(C(=O)c3ccc(OCC(C)C)cc3)c(C)c(C#N)c2=O)cc1. The molecule has 0 amide bonds. The Hall–Kier alpha value is -4.05. The Balaban J connectivity index is 1.94. The van der Waals surface area contributed by atoms with Gasteiger partial charge in [0.1, 0.15) is 23.1 Å². The molecule has 0 bridgehead atoms. The van der Waals surface area contributed by atoms with Gasteiger partial charge in [0, 0.05) is 12.1 Å². The smallest absolute Gasteiger partial charge is 0.271 e. The van der Waals surface area contributed by atoms with Gasteiger partial charge in [-0.25, -0.2) is 0 Å². The summed E-state index contributed by atoms with van der Waals surface area (Å²) in [6, 6.07) is 15.8. The molecule has 0 aliphatic carbocycles. The van der Waals surface area contributed by atoms with E-state index in [1.165, 1.54) is 6.92 Å². The largest absolute Gasteiger partial charge is 0.497 e. The van der Waals surface area contributed by atoms with E-state index >= 15 is 0 Å². The number of nitrogens with zero attached hydrogens (tertiary/aromatic N) is 2. The summed E-state index contributed by atoms with van der Waals surface area (Å²) in [4.78, 5) is 26.2. The van der Waals surface area contributed by atoms with Crippen LogP contribution >= 0.6 is 0 Å². The third-order valence-electron chi connectivity index (χ3n) is 5.51. The van der Waals surface area contributed by atoms with Gasteiger partial charge in [-0.2, -0.15) is 5.26 Å². The summed E-state index contributed by atoms with van der Waals surface area (Å²) in [5.41, 5.74) is 0.556. The first-order valence-corrected chi connectivity index (χ1v) is 11.0. The zero-order valence-electron chi connectivity index (χ0n) is 19.8. The number of aromatic hydroxyl groups is 1. The topological polar surface area (TPSA) is 102 Å². The van der Waals surface area contributed by atoms with Crippen LogP contribution in [0.25, 0.3) is 0 Å². The lowest BCUT2D eigenvalue weighted by Gasteiger charge is -2.16. The highest BCUT2D eigenvalue weighted by Crippen LogP contribution is 2.26. The lowest BCUT2D eigenvalue weighted by molar-refractivity contribution is 0.103. The molecule has 176 valence electrons. The summed E-state index contributed by atoms with van der Waals surface area (Å²) in [6.07, 6.45) is 0.418. The molecular formula is C27H28N2O5. The second-order valence-corrected chi connectivity index (χ2v) is 8.42. The predicted octanol–water partition coefficient (Wildman–Crippen LogP) is 4.25. The van der Waals surface area contributed by atoms with Crippen LogP contribution in [0.4, 0.5) is 0 Å². The van der Waals surface area contributed by atoms with Crippen molar-refractivity contribution in [1.29, 1.82) is 5.26 Å². The van der Waals surface area contributed by atoms with E-state index in [9.17, 15) is 20.0 Å². The Bertz CT molecular complexity index is 1270. The van der Waals surface area contributed by atoms with Gasteiger partial charge < -0.3 is 14.6 Å². The van der Waals surface area contributed by atoms with Gasteiger partial charge in [0.15, 0.2) is 5.78 Å². The first kappa shape index (κ1) is 24.6. The maximum atomic E-state index is 13.3. The fourth-order valence-electron chi connectivity index (χ4n) is 3.57. The van der Waals surface area contributed by atoms with Crippen LogP contribution in [0.2, 0.25) is 0 Å². The number of pyridine rings is 1. The van der Waals surface area contributed by atoms with E-state index < -0.39 is 17.2 Å². The molecule has 0 spiro atoms. The quantitative estimate of drug-likeness (QED) is 0.479. The second-order valence-electron chi connectivity index (χ2n) is 8.42. The van der Waals surface area contributed by atoms with E-state index in [2.05, 4.69) is 0 Å². The normalized spacial score (nSPS) is 10.7. The van der Waals surface area contributed by atoms with E-state index in [0.29, 0.717) is 36.0 Å². The van der Waals surface area contributed by atoms with Gasteiger partial charge in [0.25, 0.3) is 5.56 Å². The van der Waals surface area contributed by atoms with Crippen molar-refractivity contribution in [3.8, 4) is 23.4 Å². The van der Waals surface area contributed by atoms with Crippen molar-refractivity contribution in [2.75, 3.05) is 13.7 Å². The van der Waals surface area contributed by atoms with E-state index in [1.807, 2.05) is 32.0 Å². The molecule has 0 unspecified atom stereocenters. The second kappa shape index (κ2) is 10.7. The minimum atomic E-state index is -0.625. The van der Waals surface area contributed by atoms with Crippen molar-refractivity contribution < 1.29 is 19.4 Å². The van der Waals surface area contributed by atoms with Crippen LogP contribution in [0.15, 0.2) is 53.3 Å². The van der Waals surface area contributed by atoms with Crippen molar-refractivity contribution in [2.45, 2.75) is 33.7 Å². The van der Waals surface area contributed by atoms with Crippen LogP contribution in [0.1, 0.15) is 46.5 Å². The molecule has 1 aromatic heterocycles. The first-order chi connectivity index (χ1) is 16.3. The monoisotopic (exact) mass is 460 g/mol. The van der Waals surface area contributed by atoms with Gasteiger partial charge in [0.05, 0.1) is 19.3 Å². The number of aryl methyl sites for hydroxylation is 1. The van der Waals surface area contributed by atoms with Crippen molar-refractivity contribution >= 4 is 5.78 Å². The molecule has 0 atom stereocenters. The Labute approximate surface area is 198 Å². The van der Waals surface area contributed by atoms with E-state index in [4.69, 9.17) is 9.47 Å². The van der Waals surface area contributed by atoms with Gasteiger partial charge in [-0.05, 0) is 66.8 Å². The number of ether oxygens (including phenoxy) is 2. The summed E-state index contributed by atoms with van der Waals surface area (Å²) in [7, 11) is 1.58. The first-order valence-electron chi connectivity index (χ1n) is 11.0. The van der Waals surface area contributed by atoms with Crippen LogP contribution < -0.4 is 15.0 Å². The molecule has 3 aromatic rings. The molecule has 0 aliphatic heterocycles. The van der Waals surface area contributed by atoms with E-state index in [1.54, 1.807) is 43.5 Å². The number of aromatic nitrogens is 1. The molecule has 3 rings (SSSR count). The van der Waals surface area contributed by atoms with Crippen LogP contribution in [0.3, 0.4) is 0 Å². The molecule has 7 heteroatoms. The van der Waals surface area contributed by atoms with E-state index in [-0.39, 0.29) is 23.2 Å². The van der Waals surface area contributed by atoms with Crippen LogP contribution in [0.5, 0.6) is 17.4 Å². The molecule has 2 aromatic carbocycles. The number of nitriles is 1. The standard InChI is InChI=1S/C27H28N2O5/c1-17(2)16-34-22-11-7-20(8-12-22)25(30)24-18(3)23(15-28)26(31)29(27(24)32)14-13-19-5-9-21(33-4)10-6-19/h5-12,17,32H,13-14,16H2,1-4H3. The van der Waals surface area contributed by atoms with Gasteiger partial charge in [-0.3, -0.25) is 14.2 Å². The van der Waals surface area contributed by atoms with Crippen LogP contribution in [-0.2, 0) is 13.0 Å². The maximum Gasteiger partial charge on any atom is 0.271 e. The zero-order valence-corrected chi connectivity index (χ0v) is 19.8. The Morgan fingerprint density at radius 3 is 2.26 bits per heavy atom. The molecule has 7 nitrogen and oxygen atoms in total. The van der Waals surface area contributed by atoms with Crippen LogP contribution in [0, 0.1) is 24.2 Å². The minimum Gasteiger partial charge on any atom is -0.497 e. The van der Waals surface area contributed by atoms with Crippen molar-refractivity contribution in [3.63, 3.8) is 0 Å². The van der Waals surface area contributed by atoms with Crippen molar-refractivity contribution in [2.24, 2.45) is 5.92 Å². The average Bonchev–Trinajstić information content (AvgIpc) is 2.83. The summed E-state index contributed by atoms with van der Waals surface area (Å²) in [6.45, 7) is 6.24. The number of carbonyl (C=O) groups excluding carboxylic acids is 1. The van der Waals surface area contributed by atoms with E-state index in [0.717, 1.165) is 10.1 Å². The Kier molecular flexibility index (Phi) is 7.75.